The van der Waals surface area contributed by atoms with Crippen LogP contribution in [0.2, 0.25) is 0 Å². The van der Waals surface area contributed by atoms with Gasteiger partial charge in [0.1, 0.15) is 0 Å². The third kappa shape index (κ3) is 3.97. The van der Waals surface area contributed by atoms with Crippen molar-refractivity contribution < 1.29 is 26.7 Å². The van der Waals surface area contributed by atoms with Gasteiger partial charge in [0, 0.05) is 5.69 Å². The molecular formula is C20H12F5NO. The SMILES string of the molecule is O=C(Nc1ccc(-c2ccccc2C(F)(F)F)cc1)c1cccc(F)c1F. The van der Waals surface area contributed by atoms with Gasteiger partial charge >= 0.3 is 6.18 Å². The van der Waals surface area contributed by atoms with E-state index in [0.717, 1.165) is 18.2 Å². The summed E-state index contributed by atoms with van der Waals surface area (Å²) in [7, 11) is 0. The van der Waals surface area contributed by atoms with Crippen molar-refractivity contribution in [3.8, 4) is 11.1 Å². The van der Waals surface area contributed by atoms with E-state index in [2.05, 4.69) is 5.32 Å². The fraction of sp³-hybridized carbons (Fsp3) is 0.0500. The van der Waals surface area contributed by atoms with Crippen molar-refractivity contribution in [1.82, 2.24) is 0 Å². The maximum absolute atomic E-state index is 13.7. The summed E-state index contributed by atoms with van der Waals surface area (Å²) in [6.07, 6.45) is -4.50. The topological polar surface area (TPSA) is 29.1 Å². The van der Waals surface area contributed by atoms with Crippen LogP contribution in [0.5, 0.6) is 0 Å². The van der Waals surface area contributed by atoms with Crippen molar-refractivity contribution in [2.45, 2.75) is 6.18 Å². The maximum atomic E-state index is 13.7. The number of nitrogens with one attached hydrogen (secondary N) is 1. The molecule has 27 heavy (non-hydrogen) atoms. The zero-order valence-corrected chi connectivity index (χ0v) is 13.6. The van der Waals surface area contributed by atoms with Gasteiger partial charge in [-0.15, -0.1) is 0 Å². The van der Waals surface area contributed by atoms with Gasteiger partial charge in [0.05, 0.1) is 11.1 Å². The highest BCUT2D eigenvalue weighted by Gasteiger charge is 2.33. The number of halogens is 5. The van der Waals surface area contributed by atoms with Crippen LogP contribution in [0.3, 0.4) is 0 Å². The first-order chi connectivity index (χ1) is 12.8. The quantitative estimate of drug-likeness (QED) is 0.566. The third-order valence-electron chi connectivity index (χ3n) is 3.88. The molecule has 138 valence electrons. The Morgan fingerprint density at radius 1 is 0.815 bits per heavy atom. The second-order valence-electron chi connectivity index (χ2n) is 5.68. The van der Waals surface area contributed by atoms with Crippen LogP contribution in [-0.4, -0.2) is 5.91 Å². The molecule has 1 N–H and O–H groups in total. The van der Waals surface area contributed by atoms with Crippen LogP contribution in [-0.2, 0) is 6.18 Å². The van der Waals surface area contributed by atoms with Crippen molar-refractivity contribution in [3.05, 3.63) is 89.5 Å². The molecule has 0 aliphatic carbocycles. The second kappa shape index (κ2) is 7.19. The van der Waals surface area contributed by atoms with E-state index < -0.39 is 34.8 Å². The number of anilines is 1. The van der Waals surface area contributed by atoms with E-state index >= 15 is 0 Å². The van der Waals surface area contributed by atoms with Crippen molar-refractivity contribution in [2.24, 2.45) is 0 Å². The van der Waals surface area contributed by atoms with E-state index in [-0.39, 0.29) is 11.3 Å². The molecule has 3 aromatic rings. The van der Waals surface area contributed by atoms with Crippen molar-refractivity contribution in [3.63, 3.8) is 0 Å². The number of amides is 1. The molecule has 0 fully saturated rings. The average Bonchev–Trinajstić information content (AvgIpc) is 2.64. The van der Waals surface area contributed by atoms with E-state index in [1.54, 1.807) is 0 Å². The Morgan fingerprint density at radius 3 is 2.15 bits per heavy atom. The summed E-state index contributed by atoms with van der Waals surface area (Å²) in [5, 5.41) is 2.38. The van der Waals surface area contributed by atoms with Crippen molar-refractivity contribution >= 4 is 11.6 Å². The fourth-order valence-electron chi connectivity index (χ4n) is 2.59. The molecule has 0 radical (unpaired) electrons. The van der Waals surface area contributed by atoms with Crippen LogP contribution in [0.15, 0.2) is 66.7 Å². The predicted molar refractivity (Wildman–Crippen MR) is 91.2 cm³/mol. The number of alkyl halides is 3. The monoisotopic (exact) mass is 377 g/mol. The van der Waals surface area contributed by atoms with Gasteiger partial charge in [0.2, 0.25) is 0 Å². The molecule has 0 saturated carbocycles. The predicted octanol–water partition coefficient (Wildman–Crippen LogP) is 5.90. The molecule has 0 unspecified atom stereocenters. The van der Waals surface area contributed by atoms with Gasteiger partial charge in [0.25, 0.3) is 5.91 Å². The molecule has 1 amide bonds. The summed E-state index contributed by atoms with van der Waals surface area (Å²) in [6.45, 7) is 0. The lowest BCUT2D eigenvalue weighted by Gasteiger charge is -2.13. The smallest absolute Gasteiger partial charge is 0.322 e. The van der Waals surface area contributed by atoms with Gasteiger partial charge in [0.15, 0.2) is 11.6 Å². The van der Waals surface area contributed by atoms with E-state index in [0.29, 0.717) is 5.56 Å². The molecule has 0 aromatic heterocycles. The summed E-state index contributed by atoms with van der Waals surface area (Å²) in [4.78, 5) is 12.1. The van der Waals surface area contributed by atoms with Crippen LogP contribution >= 0.6 is 0 Å². The summed E-state index contributed by atoms with van der Waals surface area (Å²) < 4.78 is 66.2. The Labute approximate surface area is 151 Å². The second-order valence-corrected chi connectivity index (χ2v) is 5.68. The van der Waals surface area contributed by atoms with Crippen LogP contribution in [0.1, 0.15) is 15.9 Å². The first-order valence-corrected chi connectivity index (χ1v) is 7.79. The molecule has 0 bridgehead atoms. The number of hydrogen-bond donors (Lipinski definition) is 1. The molecule has 3 rings (SSSR count). The van der Waals surface area contributed by atoms with Crippen LogP contribution < -0.4 is 5.32 Å². The number of benzene rings is 3. The zero-order chi connectivity index (χ0) is 19.6. The lowest BCUT2D eigenvalue weighted by atomic mass is 9.99. The molecule has 3 aromatic carbocycles. The Balaban J connectivity index is 1.85. The summed E-state index contributed by atoms with van der Waals surface area (Å²) in [6, 6.07) is 13.9. The van der Waals surface area contributed by atoms with E-state index in [1.807, 2.05) is 0 Å². The highest BCUT2D eigenvalue weighted by atomic mass is 19.4. The standard InChI is InChI=1S/C20H12F5NO/c21-17-7-3-5-15(18(17)22)19(27)26-13-10-8-12(9-11-13)14-4-1-2-6-16(14)20(23,24)25/h1-11H,(H,26,27). The van der Waals surface area contributed by atoms with Gasteiger partial charge in [-0.05, 0) is 41.5 Å². The first kappa shape index (κ1) is 18.6. The van der Waals surface area contributed by atoms with Crippen LogP contribution in [0, 0.1) is 11.6 Å². The van der Waals surface area contributed by atoms with E-state index in [9.17, 15) is 26.7 Å². The first-order valence-electron chi connectivity index (χ1n) is 7.79. The van der Waals surface area contributed by atoms with Crippen LogP contribution in [0.4, 0.5) is 27.6 Å². The number of rotatable bonds is 3. The minimum Gasteiger partial charge on any atom is -0.322 e. The highest BCUT2D eigenvalue weighted by molar-refractivity contribution is 6.04. The number of hydrogen-bond acceptors (Lipinski definition) is 1. The molecular weight excluding hydrogens is 365 g/mol. The van der Waals surface area contributed by atoms with Gasteiger partial charge < -0.3 is 5.32 Å². The van der Waals surface area contributed by atoms with Crippen LogP contribution in [0.25, 0.3) is 11.1 Å². The average molecular weight is 377 g/mol. The molecule has 0 saturated heterocycles. The zero-order valence-electron chi connectivity index (χ0n) is 13.6. The Bertz CT molecular complexity index is 980. The molecule has 0 heterocycles. The third-order valence-corrected chi connectivity index (χ3v) is 3.88. The minimum absolute atomic E-state index is 0.000878. The highest BCUT2D eigenvalue weighted by Crippen LogP contribution is 2.37. The van der Waals surface area contributed by atoms with Gasteiger partial charge in [-0.25, -0.2) is 8.78 Å². The summed E-state index contributed by atoms with van der Waals surface area (Å²) in [5.74, 6) is -3.29. The molecule has 0 aliphatic rings. The molecule has 2 nitrogen and oxygen atoms in total. The Morgan fingerprint density at radius 2 is 1.48 bits per heavy atom. The van der Waals surface area contributed by atoms with E-state index in [1.165, 1.54) is 48.5 Å². The lowest BCUT2D eigenvalue weighted by Crippen LogP contribution is -2.14. The van der Waals surface area contributed by atoms with Crippen molar-refractivity contribution in [2.75, 3.05) is 5.32 Å². The minimum atomic E-state index is -4.50. The molecule has 0 spiro atoms. The molecule has 7 heteroatoms. The summed E-state index contributed by atoms with van der Waals surface area (Å²) >= 11 is 0. The lowest BCUT2D eigenvalue weighted by molar-refractivity contribution is -0.137. The maximum Gasteiger partial charge on any atom is 0.417 e. The summed E-state index contributed by atoms with van der Waals surface area (Å²) in [5.41, 5.74) is -0.709. The van der Waals surface area contributed by atoms with Gasteiger partial charge in [-0.2, -0.15) is 13.2 Å². The molecule has 0 aliphatic heterocycles. The van der Waals surface area contributed by atoms with Gasteiger partial charge in [-0.1, -0.05) is 36.4 Å². The number of carbonyl (C=O) groups excluding carboxylic acids is 1. The number of carbonyl (C=O) groups is 1. The Hall–Kier alpha value is -3.22. The largest absolute Gasteiger partial charge is 0.417 e. The van der Waals surface area contributed by atoms with E-state index in [4.69, 9.17) is 0 Å². The van der Waals surface area contributed by atoms with Gasteiger partial charge in [-0.3, -0.25) is 4.79 Å². The normalized spacial score (nSPS) is 11.3. The van der Waals surface area contributed by atoms with Crippen molar-refractivity contribution in [1.29, 1.82) is 0 Å². The molecule has 0 atom stereocenters. The fourth-order valence-corrected chi connectivity index (χ4v) is 2.59. The Kier molecular flexibility index (Phi) is 4.94.